The van der Waals surface area contributed by atoms with E-state index in [4.69, 9.17) is 10.9 Å². The number of rotatable bonds is 3. The number of nitrogens with two attached hydrogens (primary N) is 1. The van der Waals surface area contributed by atoms with Crippen LogP contribution in [0, 0.1) is 0 Å². The van der Waals surface area contributed by atoms with Gasteiger partial charge in [0, 0.05) is 4.47 Å². The van der Waals surface area contributed by atoms with Crippen molar-refractivity contribution in [2.75, 3.05) is 0 Å². The van der Waals surface area contributed by atoms with E-state index < -0.39 is 11.4 Å². The molecule has 0 saturated heterocycles. The number of aromatic hydroxyl groups is 1. The Morgan fingerprint density at radius 3 is 2.61 bits per heavy atom. The minimum Gasteiger partial charge on any atom is -0.507 e. The number of amidine groups is 1. The second-order valence-electron chi connectivity index (χ2n) is 4.23. The SMILES string of the molecule is CC(C)(NC(=O)c1ccc(Br)cc1O)C(N)=NO. The molecular formula is C11H14BrN3O3. The molecule has 6 nitrogen and oxygen atoms in total. The summed E-state index contributed by atoms with van der Waals surface area (Å²) >= 11 is 3.18. The number of carbonyl (C=O) groups excluding carboxylic acids is 1. The van der Waals surface area contributed by atoms with Crippen LogP contribution in [-0.4, -0.2) is 27.6 Å². The van der Waals surface area contributed by atoms with Crippen LogP contribution in [0.25, 0.3) is 0 Å². The molecule has 1 amide bonds. The van der Waals surface area contributed by atoms with Crippen molar-refractivity contribution in [3.8, 4) is 5.75 Å². The van der Waals surface area contributed by atoms with Crippen LogP contribution in [0.2, 0.25) is 0 Å². The van der Waals surface area contributed by atoms with Gasteiger partial charge in [-0.3, -0.25) is 4.79 Å². The minimum atomic E-state index is -1.02. The third-order valence-corrected chi connectivity index (χ3v) is 2.87. The van der Waals surface area contributed by atoms with E-state index in [2.05, 4.69) is 26.4 Å². The molecule has 0 saturated carbocycles. The molecule has 0 aliphatic rings. The number of oxime groups is 1. The van der Waals surface area contributed by atoms with Gasteiger partial charge in [0.2, 0.25) is 0 Å². The molecule has 0 aromatic heterocycles. The molecule has 0 unspecified atom stereocenters. The maximum Gasteiger partial charge on any atom is 0.255 e. The number of phenolic OH excluding ortho intramolecular Hbond substituents is 1. The fraction of sp³-hybridized carbons (Fsp3) is 0.273. The van der Waals surface area contributed by atoms with Gasteiger partial charge >= 0.3 is 0 Å². The largest absolute Gasteiger partial charge is 0.507 e. The van der Waals surface area contributed by atoms with Crippen LogP contribution in [0.3, 0.4) is 0 Å². The molecule has 0 spiro atoms. The van der Waals surface area contributed by atoms with Gasteiger partial charge in [0.25, 0.3) is 5.91 Å². The molecule has 5 N–H and O–H groups in total. The molecule has 0 atom stereocenters. The molecular weight excluding hydrogens is 302 g/mol. The van der Waals surface area contributed by atoms with Crippen molar-refractivity contribution < 1.29 is 15.1 Å². The topological polar surface area (TPSA) is 108 Å². The second-order valence-corrected chi connectivity index (χ2v) is 5.14. The zero-order valence-electron chi connectivity index (χ0n) is 9.94. The first-order valence-electron chi connectivity index (χ1n) is 5.07. The van der Waals surface area contributed by atoms with Crippen molar-refractivity contribution in [2.24, 2.45) is 10.9 Å². The lowest BCUT2D eigenvalue weighted by atomic mass is 10.0. The molecule has 1 aromatic carbocycles. The van der Waals surface area contributed by atoms with Crippen LogP contribution < -0.4 is 11.1 Å². The fourth-order valence-corrected chi connectivity index (χ4v) is 1.59. The van der Waals surface area contributed by atoms with Gasteiger partial charge in [-0.15, -0.1) is 0 Å². The fourth-order valence-electron chi connectivity index (χ4n) is 1.24. The summed E-state index contributed by atoms with van der Waals surface area (Å²) in [5.41, 5.74) is 4.54. The van der Waals surface area contributed by atoms with Crippen molar-refractivity contribution in [2.45, 2.75) is 19.4 Å². The van der Waals surface area contributed by atoms with Crippen LogP contribution in [0.4, 0.5) is 0 Å². The van der Waals surface area contributed by atoms with E-state index in [1.807, 2.05) is 0 Å². The highest BCUT2D eigenvalue weighted by Crippen LogP contribution is 2.22. The van der Waals surface area contributed by atoms with Crippen molar-refractivity contribution in [3.63, 3.8) is 0 Å². The van der Waals surface area contributed by atoms with Crippen molar-refractivity contribution >= 4 is 27.7 Å². The van der Waals surface area contributed by atoms with E-state index in [-0.39, 0.29) is 17.1 Å². The summed E-state index contributed by atoms with van der Waals surface area (Å²) in [4.78, 5) is 11.9. The smallest absolute Gasteiger partial charge is 0.255 e. The van der Waals surface area contributed by atoms with Crippen LogP contribution in [-0.2, 0) is 0 Å². The van der Waals surface area contributed by atoms with Gasteiger partial charge in [-0.1, -0.05) is 21.1 Å². The number of hydrogen-bond donors (Lipinski definition) is 4. The van der Waals surface area contributed by atoms with Gasteiger partial charge in [0.05, 0.1) is 11.1 Å². The maximum absolute atomic E-state index is 11.9. The highest BCUT2D eigenvalue weighted by atomic mass is 79.9. The van der Waals surface area contributed by atoms with Crippen molar-refractivity contribution in [1.82, 2.24) is 5.32 Å². The molecule has 0 aliphatic carbocycles. The Morgan fingerprint density at radius 1 is 1.50 bits per heavy atom. The van der Waals surface area contributed by atoms with E-state index in [0.717, 1.165) is 0 Å². The van der Waals surface area contributed by atoms with Gasteiger partial charge in [0.15, 0.2) is 5.84 Å². The summed E-state index contributed by atoms with van der Waals surface area (Å²) in [6.45, 7) is 3.16. The Kier molecular flexibility index (Phi) is 4.18. The maximum atomic E-state index is 11.9. The highest BCUT2D eigenvalue weighted by molar-refractivity contribution is 9.10. The monoisotopic (exact) mass is 315 g/mol. The number of halogens is 1. The molecule has 1 aromatic rings. The molecule has 98 valence electrons. The first-order valence-corrected chi connectivity index (χ1v) is 5.86. The van der Waals surface area contributed by atoms with Crippen LogP contribution >= 0.6 is 15.9 Å². The molecule has 0 fully saturated rings. The molecule has 7 heteroatoms. The normalized spacial score (nSPS) is 12.3. The number of nitrogens with zero attached hydrogens (tertiary/aromatic N) is 1. The van der Waals surface area contributed by atoms with Gasteiger partial charge in [-0.05, 0) is 32.0 Å². The number of amides is 1. The zero-order valence-corrected chi connectivity index (χ0v) is 11.5. The van der Waals surface area contributed by atoms with E-state index in [1.54, 1.807) is 19.9 Å². The standard InChI is InChI=1S/C11H14BrN3O3/c1-11(2,10(13)15-18)14-9(17)7-4-3-6(12)5-8(7)16/h3-5,16,18H,1-2H3,(H2,13,15)(H,14,17). The Labute approximate surface area is 113 Å². The number of benzene rings is 1. The van der Waals surface area contributed by atoms with Crippen LogP contribution in [0.15, 0.2) is 27.8 Å². The first kappa shape index (κ1) is 14.3. The minimum absolute atomic E-state index is 0.108. The van der Waals surface area contributed by atoms with Crippen LogP contribution in [0.1, 0.15) is 24.2 Å². The quantitative estimate of drug-likeness (QED) is 0.293. The zero-order chi connectivity index (χ0) is 13.9. The predicted molar refractivity (Wildman–Crippen MR) is 70.8 cm³/mol. The number of phenols is 1. The number of hydrogen-bond acceptors (Lipinski definition) is 4. The summed E-state index contributed by atoms with van der Waals surface area (Å²) < 4.78 is 0.659. The molecule has 18 heavy (non-hydrogen) atoms. The molecule has 0 bridgehead atoms. The molecule has 0 aliphatic heterocycles. The van der Waals surface area contributed by atoms with E-state index >= 15 is 0 Å². The average Bonchev–Trinajstić information content (AvgIpc) is 2.26. The molecule has 1 rings (SSSR count). The predicted octanol–water partition coefficient (Wildman–Crippen LogP) is 1.41. The van der Waals surface area contributed by atoms with E-state index in [1.165, 1.54) is 12.1 Å². The van der Waals surface area contributed by atoms with Gasteiger partial charge in [-0.2, -0.15) is 0 Å². The molecule has 0 heterocycles. The summed E-state index contributed by atoms with van der Waals surface area (Å²) in [7, 11) is 0. The highest BCUT2D eigenvalue weighted by Gasteiger charge is 2.27. The molecule has 0 radical (unpaired) electrons. The number of nitrogens with one attached hydrogen (secondary N) is 1. The lowest BCUT2D eigenvalue weighted by Crippen LogP contribution is -2.53. The Hall–Kier alpha value is -1.76. The number of carbonyl (C=O) groups is 1. The second kappa shape index (κ2) is 5.26. The summed E-state index contributed by atoms with van der Waals surface area (Å²) in [5, 5.41) is 23.7. The van der Waals surface area contributed by atoms with Gasteiger partial charge in [0.1, 0.15) is 5.75 Å². The van der Waals surface area contributed by atoms with Crippen LogP contribution in [0.5, 0.6) is 5.75 Å². The summed E-state index contributed by atoms with van der Waals surface area (Å²) in [6, 6.07) is 4.51. The summed E-state index contributed by atoms with van der Waals surface area (Å²) in [6.07, 6.45) is 0. The lowest BCUT2D eigenvalue weighted by Gasteiger charge is -2.24. The van der Waals surface area contributed by atoms with Gasteiger partial charge in [-0.25, -0.2) is 0 Å². The third kappa shape index (κ3) is 3.13. The van der Waals surface area contributed by atoms with Crippen molar-refractivity contribution in [3.05, 3.63) is 28.2 Å². The Balaban J connectivity index is 2.96. The first-order chi connectivity index (χ1) is 8.27. The van der Waals surface area contributed by atoms with Crippen molar-refractivity contribution in [1.29, 1.82) is 0 Å². The average molecular weight is 316 g/mol. The summed E-state index contributed by atoms with van der Waals surface area (Å²) in [5.74, 6) is -0.804. The van der Waals surface area contributed by atoms with E-state index in [9.17, 15) is 9.90 Å². The lowest BCUT2D eigenvalue weighted by molar-refractivity contribution is 0.0928. The Bertz CT molecular complexity index is 500. The van der Waals surface area contributed by atoms with E-state index in [0.29, 0.717) is 4.47 Å². The van der Waals surface area contributed by atoms with Gasteiger partial charge < -0.3 is 21.4 Å². The third-order valence-electron chi connectivity index (χ3n) is 2.38. The Morgan fingerprint density at radius 2 is 2.11 bits per heavy atom.